The Hall–Kier alpha value is -0.390. The van der Waals surface area contributed by atoms with Crippen LogP contribution in [0.15, 0.2) is 30.3 Å². The van der Waals surface area contributed by atoms with Crippen LogP contribution in [-0.2, 0) is 4.74 Å². The second-order valence-electron chi connectivity index (χ2n) is 2.29. The molecule has 2 heteroatoms. The van der Waals surface area contributed by atoms with Gasteiger partial charge >= 0.3 is 0 Å². The monoisotopic (exact) mass is 168 g/mol. The van der Waals surface area contributed by atoms with E-state index in [0.29, 0.717) is 0 Å². The van der Waals surface area contributed by atoms with Gasteiger partial charge in [0, 0.05) is 7.11 Å². The van der Waals surface area contributed by atoms with Gasteiger partial charge in [0.05, 0.1) is 6.61 Å². The van der Waals surface area contributed by atoms with Crippen LogP contribution in [0.5, 0.6) is 0 Å². The van der Waals surface area contributed by atoms with Crippen LogP contribution in [-0.4, -0.2) is 19.9 Å². The summed E-state index contributed by atoms with van der Waals surface area (Å²) in [5, 5.41) is 1.42. The second kappa shape index (κ2) is 5.29. The molecule has 0 amide bonds. The lowest BCUT2D eigenvalue weighted by Crippen LogP contribution is -1.97. The molecular weight excluding hydrogens is 155 g/mol. The van der Waals surface area contributed by atoms with E-state index < -0.39 is 0 Å². The largest absolute Gasteiger partial charge is 0.384 e. The highest BCUT2D eigenvalue weighted by Crippen LogP contribution is 2.07. The standard InChI is InChI=1S/C9H13OP/c1-10-7-8-11-9-5-3-2-4-6-9/h2-6,11H,7-8H2,1H3. The van der Waals surface area contributed by atoms with Gasteiger partial charge in [-0.05, 0) is 11.5 Å². The quantitative estimate of drug-likeness (QED) is 0.490. The van der Waals surface area contributed by atoms with Crippen LogP contribution >= 0.6 is 8.58 Å². The maximum atomic E-state index is 4.97. The minimum Gasteiger partial charge on any atom is -0.384 e. The third-order valence-corrected chi connectivity index (χ3v) is 2.60. The highest BCUT2D eigenvalue weighted by molar-refractivity contribution is 7.47. The van der Waals surface area contributed by atoms with Crippen molar-refractivity contribution in [2.45, 2.75) is 0 Å². The Morgan fingerprint density at radius 1 is 1.27 bits per heavy atom. The van der Waals surface area contributed by atoms with Gasteiger partial charge in [0.25, 0.3) is 0 Å². The molecule has 1 rings (SSSR count). The fraction of sp³-hybridized carbons (Fsp3) is 0.333. The van der Waals surface area contributed by atoms with Crippen LogP contribution in [0.4, 0.5) is 0 Å². The van der Waals surface area contributed by atoms with Crippen molar-refractivity contribution >= 4 is 13.9 Å². The van der Waals surface area contributed by atoms with Crippen LogP contribution in [0, 0.1) is 0 Å². The fourth-order valence-electron chi connectivity index (χ4n) is 0.853. The molecule has 0 aliphatic rings. The molecular formula is C9H13OP. The Kier molecular flexibility index (Phi) is 4.18. The van der Waals surface area contributed by atoms with E-state index in [0.717, 1.165) is 21.3 Å². The van der Waals surface area contributed by atoms with E-state index in [1.54, 1.807) is 7.11 Å². The molecule has 0 heterocycles. The average Bonchev–Trinajstić information content (AvgIpc) is 2.07. The highest BCUT2D eigenvalue weighted by Gasteiger charge is 1.89. The molecule has 0 fully saturated rings. The molecule has 0 spiro atoms. The molecule has 1 aromatic rings. The summed E-state index contributed by atoms with van der Waals surface area (Å²) in [5.41, 5.74) is 0. The summed E-state index contributed by atoms with van der Waals surface area (Å²) in [7, 11) is 2.63. The van der Waals surface area contributed by atoms with E-state index >= 15 is 0 Å². The smallest absolute Gasteiger partial charge is 0.0502 e. The maximum absolute atomic E-state index is 4.97. The first-order valence-corrected chi connectivity index (χ1v) is 4.92. The van der Waals surface area contributed by atoms with Gasteiger partial charge < -0.3 is 4.74 Å². The lowest BCUT2D eigenvalue weighted by molar-refractivity contribution is 0.218. The lowest BCUT2D eigenvalue weighted by atomic mass is 10.4. The fourth-order valence-corrected chi connectivity index (χ4v) is 1.88. The van der Waals surface area contributed by atoms with Crippen molar-refractivity contribution < 1.29 is 4.74 Å². The van der Waals surface area contributed by atoms with Crippen LogP contribution in [0.2, 0.25) is 0 Å². The second-order valence-corrected chi connectivity index (χ2v) is 3.72. The highest BCUT2D eigenvalue weighted by atomic mass is 31.1. The Morgan fingerprint density at radius 3 is 2.64 bits per heavy atom. The predicted octanol–water partition coefficient (Wildman–Crippen LogP) is 1.64. The first kappa shape index (κ1) is 8.70. The van der Waals surface area contributed by atoms with Crippen molar-refractivity contribution in [3.8, 4) is 0 Å². The van der Waals surface area contributed by atoms with Gasteiger partial charge in [-0.25, -0.2) is 0 Å². The molecule has 0 aliphatic heterocycles. The Labute approximate surface area is 69.6 Å². The summed E-state index contributed by atoms with van der Waals surface area (Å²) in [6.07, 6.45) is 1.14. The van der Waals surface area contributed by atoms with Gasteiger partial charge in [0.2, 0.25) is 0 Å². The molecule has 0 radical (unpaired) electrons. The number of benzene rings is 1. The molecule has 1 nitrogen and oxygen atoms in total. The normalized spacial score (nSPS) is 11.0. The summed E-state index contributed by atoms with van der Waals surface area (Å²) in [4.78, 5) is 0. The van der Waals surface area contributed by atoms with Crippen molar-refractivity contribution in [3.63, 3.8) is 0 Å². The van der Waals surface area contributed by atoms with Gasteiger partial charge in [-0.1, -0.05) is 38.9 Å². The van der Waals surface area contributed by atoms with E-state index in [1.807, 2.05) is 6.07 Å². The van der Waals surface area contributed by atoms with E-state index in [-0.39, 0.29) is 0 Å². The Balaban J connectivity index is 2.28. The minimum absolute atomic E-state index is 0.868. The molecule has 1 atom stereocenters. The number of ether oxygens (including phenoxy) is 1. The van der Waals surface area contributed by atoms with Crippen molar-refractivity contribution in [1.82, 2.24) is 0 Å². The number of hydrogen-bond donors (Lipinski definition) is 0. The summed E-state index contributed by atoms with van der Waals surface area (Å²) in [6.45, 7) is 0.868. The van der Waals surface area contributed by atoms with Gasteiger partial charge in [0.1, 0.15) is 0 Å². The lowest BCUT2D eigenvalue weighted by Gasteiger charge is -1.99. The van der Waals surface area contributed by atoms with Crippen LogP contribution in [0.25, 0.3) is 0 Å². The molecule has 0 saturated carbocycles. The summed E-state index contributed by atoms with van der Waals surface area (Å²) in [6, 6.07) is 10.5. The summed E-state index contributed by atoms with van der Waals surface area (Å²) < 4.78 is 4.97. The molecule has 0 N–H and O–H groups in total. The average molecular weight is 168 g/mol. The Morgan fingerprint density at radius 2 is 2.00 bits per heavy atom. The summed E-state index contributed by atoms with van der Waals surface area (Å²) >= 11 is 0. The molecule has 60 valence electrons. The zero-order valence-electron chi connectivity index (χ0n) is 6.71. The van der Waals surface area contributed by atoms with Crippen molar-refractivity contribution in [2.24, 2.45) is 0 Å². The van der Waals surface area contributed by atoms with Gasteiger partial charge in [0.15, 0.2) is 0 Å². The van der Waals surface area contributed by atoms with Gasteiger partial charge in [-0.15, -0.1) is 0 Å². The molecule has 0 aromatic heterocycles. The third kappa shape index (κ3) is 3.50. The van der Waals surface area contributed by atoms with E-state index in [9.17, 15) is 0 Å². The SMILES string of the molecule is COCCPc1ccccc1. The zero-order chi connectivity index (χ0) is 7.94. The molecule has 0 saturated heterocycles. The van der Waals surface area contributed by atoms with Gasteiger partial charge in [-0.2, -0.15) is 0 Å². The van der Waals surface area contributed by atoms with Crippen molar-refractivity contribution in [2.75, 3.05) is 19.9 Å². The van der Waals surface area contributed by atoms with Crippen LogP contribution in [0.1, 0.15) is 0 Å². The number of methoxy groups -OCH3 is 1. The molecule has 0 bridgehead atoms. The number of rotatable bonds is 4. The predicted molar refractivity (Wildman–Crippen MR) is 51.1 cm³/mol. The maximum Gasteiger partial charge on any atom is 0.0502 e. The first-order chi connectivity index (χ1) is 5.43. The van der Waals surface area contributed by atoms with Crippen LogP contribution < -0.4 is 5.30 Å². The van der Waals surface area contributed by atoms with Gasteiger partial charge in [-0.3, -0.25) is 0 Å². The van der Waals surface area contributed by atoms with E-state index in [1.165, 1.54) is 5.30 Å². The van der Waals surface area contributed by atoms with E-state index in [2.05, 4.69) is 24.3 Å². The van der Waals surface area contributed by atoms with E-state index in [4.69, 9.17) is 4.74 Å². The Bertz CT molecular complexity index is 186. The zero-order valence-corrected chi connectivity index (χ0v) is 7.71. The topological polar surface area (TPSA) is 9.23 Å². The summed E-state index contributed by atoms with van der Waals surface area (Å²) in [5.74, 6) is 0. The molecule has 0 aliphatic carbocycles. The van der Waals surface area contributed by atoms with Crippen molar-refractivity contribution in [3.05, 3.63) is 30.3 Å². The van der Waals surface area contributed by atoms with Crippen LogP contribution in [0.3, 0.4) is 0 Å². The first-order valence-electron chi connectivity index (χ1n) is 3.71. The molecule has 1 unspecified atom stereocenters. The van der Waals surface area contributed by atoms with Crippen molar-refractivity contribution in [1.29, 1.82) is 0 Å². The molecule has 1 aromatic carbocycles. The third-order valence-electron chi connectivity index (χ3n) is 1.41. The number of hydrogen-bond acceptors (Lipinski definition) is 1. The molecule has 11 heavy (non-hydrogen) atoms. The minimum atomic E-state index is 0.868.